The highest BCUT2D eigenvalue weighted by Crippen LogP contribution is 2.27. The van der Waals surface area contributed by atoms with Gasteiger partial charge in [-0.25, -0.2) is 14.6 Å². The summed E-state index contributed by atoms with van der Waals surface area (Å²) in [6.45, 7) is 5.11. The number of nitrogens with one attached hydrogen (secondary N) is 2. The first-order valence-electron chi connectivity index (χ1n) is 7.22. The van der Waals surface area contributed by atoms with Crippen LogP contribution in [0.4, 0.5) is 10.5 Å². The number of alkyl carbamates (subject to hydrolysis) is 1. The van der Waals surface area contributed by atoms with Crippen molar-refractivity contribution in [3.8, 4) is 5.88 Å². The molecule has 0 spiro atoms. The Kier molecular flexibility index (Phi) is 4.91. The number of anilines is 1. The van der Waals surface area contributed by atoms with E-state index in [4.69, 9.17) is 9.47 Å². The number of amides is 2. The number of hydrogen-bond acceptors (Lipinski definition) is 7. The number of fused-ring (bicyclic) bond motifs is 1. The first-order chi connectivity index (χ1) is 11.2. The Morgan fingerprint density at radius 1 is 1.42 bits per heavy atom. The number of nitrogens with zero attached hydrogens (tertiary/aromatic N) is 1. The highest BCUT2D eigenvalue weighted by Gasteiger charge is 2.30. The van der Waals surface area contributed by atoms with Crippen LogP contribution < -0.4 is 15.4 Å². The lowest BCUT2D eigenvalue weighted by Gasteiger charge is -2.26. The van der Waals surface area contributed by atoms with Crippen molar-refractivity contribution >= 4 is 23.7 Å². The van der Waals surface area contributed by atoms with Gasteiger partial charge in [0.1, 0.15) is 11.3 Å². The van der Waals surface area contributed by atoms with Crippen molar-refractivity contribution in [2.45, 2.75) is 32.5 Å². The average molecular weight is 337 g/mol. The summed E-state index contributed by atoms with van der Waals surface area (Å²) in [5.74, 6) is -0.895. The van der Waals surface area contributed by atoms with E-state index in [1.165, 1.54) is 19.4 Å². The smallest absolute Gasteiger partial charge is 0.407 e. The predicted molar refractivity (Wildman–Crippen MR) is 82.9 cm³/mol. The zero-order chi connectivity index (χ0) is 17.9. The van der Waals surface area contributed by atoms with Crippen molar-refractivity contribution in [3.63, 3.8) is 0 Å². The maximum absolute atomic E-state index is 12.0. The molecule has 2 heterocycles. The summed E-state index contributed by atoms with van der Waals surface area (Å²) in [6, 6.07) is 1.41. The quantitative estimate of drug-likeness (QED) is 0.793. The van der Waals surface area contributed by atoms with Crippen molar-refractivity contribution in [2.75, 3.05) is 19.0 Å². The molecular formula is C15H19N3O6. The second-order valence-corrected chi connectivity index (χ2v) is 6.05. The van der Waals surface area contributed by atoms with E-state index in [-0.39, 0.29) is 23.7 Å². The third-order valence-corrected chi connectivity index (χ3v) is 2.91. The fourth-order valence-corrected chi connectivity index (χ4v) is 1.89. The summed E-state index contributed by atoms with van der Waals surface area (Å²) in [5.41, 5.74) is -0.194. The molecule has 0 bridgehead atoms. The number of ether oxygens (including phenoxy) is 3. The predicted octanol–water partition coefficient (Wildman–Crippen LogP) is 1.09. The largest absolute Gasteiger partial charge is 0.465 e. The van der Waals surface area contributed by atoms with Crippen LogP contribution in [0.2, 0.25) is 0 Å². The van der Waals surface area contributed by atoms with Crippen LogP contribution in [0.25, 0.3) is 0 Å². The van der Waals surface area contributed by atoms with Crippen LogP contribution >= 0.6 is 0 Å². The zero-order valence-corrected chi connectivity index (χ0v) is 13.8. The third-order valence-electron chi connectivity index (χ3n) is 2.91. The van der Waals surface area contributed by atoms with Gasteiger partial charge >= 0.3 is 12.1 Å². The average Bonchev–Trinajstić information content (AvgIpc) is 2.49. The molecule has 0 saturated carbocycles. The van der Waals surface area contributed by atoms with Gasteiger partial charge in [-0.05, 0) is 26.8 Å². The number of aromatic nitrogens is 1. The lowest BCUT2D eigenvalue weighted by atomic mass is 10.2. The van der Waals surface area contributed by atoms with E-state index in [1.54, 1.807) is 20.8 Å². The Hall–Kier alpha value is -2.84. The van der Waals surface area contributed by atoms with Crippen LogP contribution in [0.3, 0.4) is 0 Å². The Balaban J connectivity index is 2.01. The van der Waals surface area contributed by atoms with E-state index in [0.29, 0.717) is 0 Å². The molecule has 2 N–H and O–H groups in total. The summed E-state index contributed by atoms with van der Waals surface area (Å²) in [4.78, 5) is 39.1. The maximum atomic E-state index is 12.0. The Labute approximate surface area is 138 Å². The molecule has 1 atom stereocenters. The third kappa shape index (κ3) is 4.34. The van der Waals surface area contributed by atoms with E-state index >= 15 is 0 Å². The van der Waals surface area contributed by atoms with Crippen LogP contribution in [0.1, 0.15) is 31.1 Å². The number of carbonyl (C=O) groups excluding carboxylic acids is 3. The minimum absolute atomic E-state index is 0.0827. The number of methoxy groups -OCH3 is 1. The topological polar surface area (TPSA) is 116 Å². The fraction of sp³-hybridized carbons (Fsp3) is 0.467. The van der Waals surface area contributed by atoms with E-state index in [1.807, 2.05) is 0 Å². The molecule has 0 aliphatic carbocycles. The Morgan fingerprint density at radius 2 is 2.12 bits per heavy atom. The van der Waals surface area contributed by atoms with Crippen molar-refractivity contribution in [1.82, 2.24) is 10.3 Å². The number of rotatable bonds is 3. The van der Waals surface area contributed by atoms with Gasteiger partial charge in [-0.3, -0.25) is 4.79 Å². The van der Waals surface area contributed by atoms with Gasteiger partial charge in [0.25, 0.3) is 5.91 Å². The molecule has 0 unspecified atom stereocenters. The van der Waals surface area contributed by atoms with E-state index in [0.717, 1.165) is 0 Å². The molecule has 2 amide bonds. The molecule has 0 radical (unpaired) electrons. The molecular weight excluding hydrogens is 318 g/mol. The monoisotopic (exact) mass is 337 g/mol. The summed E-state index contributed by atoms with van der Waals surface area (Å²) in [7, 11) is 1.25. The standard InChI is InChI=1S/C15H19N3O6/c1-15(2,3)24-14(21)17-7-10-11(19)18-9-5-8(13(20)22-4)6-16-12(9)23-10/h5-6,10H,7H2,1-4H3,(H,17,21)(H,18,19)/t10-/m0/s1. The van der Waals surface area contributed by atoms with Crippen LogP contribution in [-0.4, -0.2) is 48.3 Å². The summed E-state index contributed by atoms with van der Waals surface area (Å²) >= 11 is 0. The lowest BCUT2D eigenvalue weighted by molar-refractivity contribution is -0.123. The minimum atomic E-state index is -0.957. The van der Waals surface area contributed by atoms with Gasteiger partial charge < -0.3 is 24.8 Å². The van der Waals surface area contributed by atoms with Crippen molar-refractivity contribution in [3.05, 3.63) is 17.8 Å². The van der Waals surface area contributed by atoms with Crippen molar-refractivity contribution in [1.29, 1.82) is 0 Å². The van der Waals surface area contributed by atoms with Crippen LogP contribution in [-0.2, 0) is 14.3 Å². The minimum Gasteiger partial charge on any atom is -0.465 e. The Bertz CT molecular complexity index is 668. The zero-order valence-electron chi connectivity index (χ0n) is 13.8. The number of pyridine rings is 1. The second-order valence-electron chi connectivity index (χ2n) is 6.05. The maximum Gasteiger partial charge on any atom is 0.407 e. The SMILES string of the molecule is COC(=O)c1cnc2c(c1)NC(=O)[C@H](CNC(=O)OC(C)(C)C)O2. The van der Waals surface area contributed by atoms with Crippen molar-refractivity contribution < 1.29 is 28.6 Å². The molecule has 1 aromatic heterocycles. The normalized spacial score (nSPS) is 16.3. The molecule has 130 valence electrons. The van der Waals surface area contributed by atoms with Gasteiger partial charge in [0.15, 0.2) is 6.10 Å². The van der Waals surface area contributed by atoms with E-state index < -0.39 is 29.7 Å². The Morgan fingerprint density at radius 3 is 2.75 bits per heavy atom. The van der Waals surface area contributed by atoms with Gasteiger partial charge in [-0.2, -0.15) is 0 Å². The number of hydrogen-bond donors (Lipinski definition) is 2. The molecule has 1 aliphatic heterocycles. The highest BCUT2D eigenvalue weighted by atomic mass is 16.6. The highest BCUT2D eigenvalue weighted by molar-refractivity contribution is 5.99. The molecule has 24 heavy (non-hydrogen) atoms. The van der Waals surface area contributed by atoms with E-state index in [9.17, 15) is 14.4 Å². The molecule has 1 aromatic rings. The number of carbonyl (C=O) groups is 3. The number of esters is 1. The van der Waals surface area contributed by atoms with Gasteiger partial charge in [0.2, 0.25) is 5.88 Å². The molecule has 0 fully saturated rings. The first kappa shape index (κ1) is 17.5. The molecule has 2 rings (SSSR count). The van der Waals surface area contributed by atoms with Crippen molar-refractivity contribution in [2.24, 2.45) is 0 Å². The van der Waals surface area contributed by atoms with Gasteiger partial charge in [0, 0.05) is 6.20 Å². The summed E-state index contributed by atoms with van der Waals surface area (Å²) in [6.07, 6.45) is -0.333. The second kappa shape index (κ2) is 6.73. The molecule has 9 heteroatoms. The van der Waals surface area contributed by atoms with Gasteiger partial charge in [-0.15, -0.1) is 0 Å². The van der Waals surface area contributed by atoms with Crippen LogP contribution in [0.15, 0.2) is 12.3 Å². The summed E-state index contributed by atoms with van der Waals surface area (Å²) in [5, 5.41) is 5.03. The van der Waals surface area contributed by atoms with Gasteiger partial charge in [-0.1, -0.05) is 0 Å². The molecule has 0 saturated heterocycles. The molecule has 1 aliphatic rings. The lowest BCUT2D eigenvalue weighted by Crippen LogP contribution is -2.46. The fourth-order valence-electron chi connectivity index (χ4n) is 1.89. The summed E-state index contributed by atoms with van der Waals surface area (Å²) < 4.78 is 15.1. The van der Waals surface area contributed by atoms with Crippen LogP contribution in [0, 0.1) is 0 Å². The first-order valence-corrected chi connectivity index (χ1v) is 7.22. The molecule has 9 nitrogen and oxygen atoms in total. The van der Waals surface area contributed by atoms with Gasteiger partial charge in [0.05, 0.1) is 19.2 Å². The van der Waals surface area contributed by atoms with E-state index in [2.05, 4.69) is 20.4 Å². The van der Waals surface area contributed by atoms with Crippen LogP contribution in [0.5, 0.6) is 5.88 Å². The molecule has 0 aromatic carbocycles.